The predicted molar refractivity (Wildman–Crippen MR) is 69.8 cm³/mol. The number of nitrogens with zero attached hydrogens (tertiary/aromatic N) is 1. The highest BCUT2D eigenvalue weighted by Crippen LogP contribution is 2.29. The van der Waals surface area contributed by atoms with Crippen molar-refractivity contribution in [3.8, 4) is 0 Å². The largest absolute Gasteiger partial charge is 0.496 e. The number of halogens is 2. The molecule has 1 atom stereocenters. The summed E-state index contributed by atoms with van der Waals surface area (Å²) in [5, 5.41) is 0. The van der Waals surface area contributed by atoms with Crippen molar-refractivity contribution in [1.82, 2.24) is 4.98 Å². The molecule has 86 valence electrons. The average Bonchev–Trinajstić information content (AvgIpc) is 2.29. The van der Waals surface area contributed by atoms with Gasteiger partial charge in [0.2, 0.25) is 0 Å². The molecule has 0 aromatic carbocycles. The molecule has 3 nitrogen and oxygen atoms in total. The van der Waals surface area contributed by atoms with E-state index in [1.165, 1.54) is 0 Å². The summed E-state index contributed by atoms with van der Waals surface area (Å²) >= 11 is 6.82. The molecule has 1 aliphatic heterocycles. The maximum absolute atomic E-state index is 6.12. The Hall–Kier alpha value is -0.390. The smallest absolute Gasteiger partial charge is 0.115 e. The molecule has 16 heavy (non-hydrogen) atoms. The number of pyridine rings is 1. The van der Waals surface area contributed by atoms with Gasteiger partial charge >= 0.3 is 0 Å². The molecular formula is C11H12Br2N2O. The van der Waals surface area contributed by atoms with Crippen molar-refractivity contribution < 1.29 is 4.74 Å². The van der Waals surface area contributed by atoms with Crippen LogP contribution < -0.4 is 5.73 Å². The number of nitrogens with two attached hydrogens (primary N) is 1. The Morgan fingerprint density at radius 3 is 2.88 bits per heavy atom. The second-order valence-electron chi connectivity index (χ2n) is 3.60. The predicted octanol–water partition coefficient (Wildman–Crippen LogP) is 3.30. The molecule has 0 amide bonds. The molecule has 1 unspecified atom stereocenters. The molecular weight excluding hydrogens is 336 g/mol. The third-order valence-corrected chi connectivity index (χ3v) is 3.47. The van der Waals surface area contributed by atoms with Crippen LogP contribution in [-0.4, -0.2) is 11.6 Å². The quantitative estimate of drug-likeness (QED) is 0.892. The van der Waals surface area contributed by atoms with Crippen molar-refractivity contribution in [2.45, 2.75) is 18.9 Å². The number of hydrogen-bond donors (Lipinski definition) is 1. The number of ether oxygens (including phenoxy) is 1. The number of allylic oxidation sites excluding steroid dienone is 1. The lowest BCUT2D eigenvalue weighted by atomic mass is 10.1. The van der Waals surface area contributed by atoms with Crippen LogP contribution >= 0.6 is 31.9 Å². The van der Waals surface area contributed by atoms with Gasteiger partial charge in [-0.2, -0.15) is 0 Å². The Balaban J connectivity index is 2.26. The van der Waals surface area contributed by atoms with Crippen LogP contribution in [0.5, 0.6) is 0 Å². The van der Waals surface area contributed by atoms with E-state index in [2.05, 4.69) is 36.8 Å². The third-order valence-electron chi connectivity index (χ3n) is 2.40. The van der Waals surface area contributed by atoms with Crippen molar-refractivity contribution >= 4 is 31.9 Å². The minimum atomic E-state index is -0.289. The Morgan fingerprint density at radius 1 is 1.44 bits per heavy atom. The van der Waals surface area contributed by atoms with Gasteiger partial charge in [0, 0.05) is 15.1 Å². The molecule has 1 aromatic rings. The van der Waals surface area contributed by atoms with Gasteiger partial charge in [-0.25, -0.2) is 0 Å². The first-order valence-electron chi connectivity index (χ1n) is 5.08. The summed E-state index contributed by atoms with van der Waals surface area (Å²) in [6, 6.07) is 1.65. The summed E-state index contributed by atoms with van der Waals surface area (Å²) in [6.45, 7) is 0.744. The van der Waals surface area contributed by atoms with E-state index in [1.54, 1.807) is 6.20 Å². The van der Waals surface area contributed by atoms with Gasteiger partial charge in [0.15, 0.2) is 0 Å². The molecule has 0 bridgehead atoms. The van der Waals surface area contributed by atoms with Crippen LogP contribution in [0.2, 0.25) is 0 Å². The van der Waals surface area contributed by atoms with E-state index in [1.807, 2.05) is 12.1 Å². The summed E-state index contributed by atoms with van der Waals surface area (Å²) in [6.07, 6.45) is 5.87. The molecule has 0 aliphatic carbocycles. The highest BCUT2D eigenvalue weighted by Gasteiger charge is 2.19. The molecule has 0 fully saturated rings. The lowest BCUT2D eigenvalue weighted by Gasteiger charge is -2.21. The van der Waals surface area contributed by atoms with Crippen LogP contribution in [0.15, 0.2) is 33.0 Å². The molecule has 0 saturated heterocycles. The molecule has 2 N–H and O–H groups in total. The highest BCUT2D eigenvalue weighted by atomic mass is 79.9. The van der Waals surface area contributed by atoms with Crippen LogP contribution in [-0.2, 0) is 4.74 Å². The fourth-order valence-corrected chi connectivity index (χ4v) is 2.82. The molecule has 2 rings (SSSR count). The van der Waals surface area contributed by atoms with Crippen molar-refractivity contribution in [2.75, 3.05) is 6.61 Å². The van der Waals surface area contributed by atoms with Crippen molar-refractivity contribution in [3.05, 3.63) is 38.7 Å². The first-order chi connectivity index (χ1) is 7.68. The van der Waals surface area contributed by atoms with E-state index < -0.39 is 0 Å². The topological polar surface area (TPSA) is 48.1 Å². The third kappa shape index (κ3) is 2.64. The van der Waals surface area contributed by atoms with E-state index in [0.717, 1.165) is 39.8 Å². The zero-order chi connectivity index (χ0) is 11.5. The molecule has 0 spiro atoms. The first-order valence-corrected chi connectivity index (χ1v) is 6.66. The second-order valence-corrected chi connectivity index (χ2v) is 5.37. The Kier molecular flexibility index (Phi) is 4.00. The van der Waals surface area contributed by atoms with Gasteiger partial charge in [0.25, 0.3) is 0 Å². The molecule has 1 aliphatic rings. The fourth-order valence-electron chi connectivity index (χ4n) is 1.58. The molecule has 0 radical (unpaired) electrons. The van der Waals surface area contributed by atoms with Gasteiger partial charge in [0.05, 0.1) is 12.3 Å². The Bertz CT molecular complexity index is 420. The van der Waals surface area contributed by atoms with E-state index in [4.69, 9.17) is 10.5 Å². The van der Waals surface area contributed by atoms with Gasteiger partial charge in [-0.05, 0) is 56.8 Å². The van der Waals surface area contributed by atoms with Crippen LogP contribution in [0.4, 0.5) is 0 Å². The lowest BCUT2D eigenvalue weighted by Crippen LogP contribution is -2.19. The lowest BCUT2D eigenvalue weighted by molar-refractivity contribution is 0.175. The first kappa shape index (κ1) is 12.1. The highest BCUT2D eigenvalue weighted by molar-refractivity contribution is 9.11. The number of hydrogen-bond acceptors (Lipinski definition) is 3. The molecule has 0 saturated carbocycles. The van der Waals surface area contributed by atoms with Gasteiger partial charge < -0.3 is 10.5 Å². The van der Waals surface area contributed by atoms with Gasteiger partial charge in [-0.3, -0.25) is 4.98 Å². The maximum atomic E-state index is 6.12. The van der Waals surface area contributed by atoms with E-state index >= 15 is 0 Å². The summed E-state index contributed by atoms with van der Waals surface area (Å²) in [4.78, 5) is 4.31. The number of aromatic nitrogens is 1. The second kappa shape index (κ2) is 5.29. The molecule has 2 heterocycles. The summed E-state index contributed by atoms with van der Waals surface area (Å²) < 4.78 is 7.36. The van der Waals surface area contributed by atoms with E-state index in [0.29, 0.717) is 0 Å². The molecule has 1 aromatic heterocycles. The van der Waals surface area contributed by atoms with Crippen LogP contribution in [0.1, 0.15) is 24.6 Å². The zero-order valence-electron chi connectivity index (χ0n) is 8.62. The van der Waals surface area contributed by atoms with Crippen LogP contribution in [0.25, 0.3) is 0 Å². The summed E-state index contributed by atoms with van der Waals surface area (Å²) in [5.74, 6) is 0.821. The van der Waals surface area contributed by atoms with Gasteiger partial charge in [-0.1, -0.05) is 0 Å². The summed E-state index contributed by atoms with van der Waals surface area (Å²) in [5.41, 5.74) is 6.92. The molecule has 5 heteroatoms. The van der Waals surface area contributed by atoms with Gasteiger partial charge in [-0.15, -0.1) is 0 Å². The standard InChI is InChI=1S/C11H12Br2N2O/c12-7-5-8(13)11(15-6-7)10(14)9-3-1-2-4-16-9/h3,5-6,10H,1-2,4,14H2. The normalized spacial score (nSPS) is 17.6. The minimum Gasteiger partial charge on any atom is -0.496 e. The zero-order valence-corrected chi connectivity index (χ0v) is 11.8. The average molecular weight is 348 g/mol. The van der Waals surface area contributed by atoms with Gasteiger partial charge in [0.1, 0.15) is 11.8 Å². The SMILES string of the molecule is NC(C1=CCCCO1)c1ncc(Br)cc1Br. The van der Waals surface area contributed by atoms with E-state index in [9.17, 15) is 0 Å². The monoisotopic (exact) mass is 346 g/mol. The van der Waals surface area contributed by atoms with Crippen molar-refractivity contribution in [3.63, 3.8) is 0 Å². The van der Waals surface area contributed by atoms with E-state index in [-0.39, 0.29) is 6.04 Å². The van der Waals surface area contributed by atoms with Crippen LogP contribution in [0.3, 0.4) is 0 Å². The maximum Gasteiger partial charge on any atom is 0.115 e. The minimum absolute atomic E-state index is 0.289. The number of rotatable bonds is 2. The van der Waals surface area contributed by atoms with Crippen molar-refractivity contribution in [2.24, 2.45) is 5.73 Å². The fraction of sp³-hybridized carbons (Fsp3) is 0.364. The van der Waals surface area contributed by atoms with Crippen LogP contribution in [0, 0.1) is 0 Å². The Morgan fingerprint density at radius 2 is 2.25 bits per heavy atom. The Labute approximate surface area is 111 Å². The van der Waals surface area contributed by atoms with Crippen molar-refractivity contribution in [1.29, 1.82) is 0 Å². The summed E-state index contributed by atoms with van der Waals surface area (Å²) in [7, 11) is 0.